The molecular weight excluding hydrogens is 346 g/mol. The Balaban J connectivity index is 1.46. The number of hydrogen-bond acceptors (Lipinski definition) is 4. The highest BCUT2D eigenvalue weighted by Crippen LogP contribution is 2.21. The van der Waals surface area contributed by atoms with Gasteiger partial charge in [-0.1, -0.05) is 54.2 Å². The summed E-state index contributed by atoms with van der Waals surface area (Å²) < 4.78 is 3.49. The molecule has 2 aromatic carbocycles. The van der Waals surface area contributed by atoms with Crippen LogP contribution in [0.15, 0.2) is 83.0 Å². The van der Waals surface area contributed by atoms with Gasteiger partial charge in [0.25, 0.3) is 0 Å². The largest absolute Gasteiger partial charge is 0.344 e. The lowest BCUT2D eigenvalue weighted by atomic mass is 10.2. The third-order valence-electron chi connectivity index (χ3n) is 3.98. The topological polar surface area (TPSA) is 68.5 Å². The zero-order valence-electron chi connectivity index (χ0n) is 13.9. The van der Waals surface area contributed by atoms with Gasteiger partial charge in [-0.2, -0.15) is 5.10 Å². The summed E-state index contributed by atoms with van der Waals surface area (Å²) in [5, 5.41) is 11.6. The van der Waals surface area contributed by atoms with Gasteiger partial charge in [-0.05, 0) is 29.3 Å². The van der Waals surface area contributed by atoms with Crippen LogP contribution in [0.4, 0.5) is 0 Å². The van der Waals surface area contributed by atoms with Crippen molar-refractivity contribution in [2.24, 2.45) is 0 Å². The van der Waals surface area contributed by atoms with E-state index in [0.29, 0.717) is 11.7 Å². The summed E-state index contributed by atoms with van der Waals surface area (Å²) in [4.78, 5) is 12.1. The fraction of sp³-hybridized carbons (Fsp3) is 0.105. The maximum Gasteiger partial charge on any atom is 0.344 e. The molecule has 0 fully saturated rings. The minimum atomic E-state index is -0.189. The lowest BCUT2D eigenvalue weighted by Crippen LogP contribution is -2.18. The summed E-state index contributed by atoms with van der Waals surface area (Å²) in [7, 11) is 0. The van der Waals surface area contributed by atoms with Crippen LogP contribution in [0.3, 0.4) is 0 Å². The minimum absolute atomic E-state index is 0.189. The Hall–Kier alpha value is -3.06. The molecule has 2 aromatic heterocycles. The van der Waals surface area contributed by atoms with Crippen LogP contribution in [0.5, 0.6) is 0 Å². The SMILES string of the molecule is O=c1[nH]nc(SCc2ccc(-n3cccn3)cc2)n1Cc1ccccc1. The van der Waals surface area contributed by atoms with Gasteiger partial charge in [-0.3, -0.25) is 4.57 Å². The molecule has 0 bridgehead atoms. The molecule has 7 heteroatoms. The smallest absolute Gasteiger partial charge is 0.266 e. The number of rotatable bonds is 6. The first-order valence-electron chi connectivity index (χ1n) is 8.20. The van der Waals surface area contributed by atoms with Crippen LogP contribution in [-0.4, -0.2) is 24.5 Å². The van der Waals surface area contributed by atoms with Crippen molar-refractivity contribution in [3.05, 3.63) is 94.7 Å². The first-order valence-corrected chi connectivity index (χ1v) is 9.19. The quantitative estimate of drug-likeness (QED) is 0.535. The molecule has 4 rings (SSSR count). The van der Waals surface area contributed by atoms with Crippen LogP contribution in [0.2, 0.25) is 0 Å². The van der Waals surface area contributed by atoms with Crippen molar-refractivity contribution >= 4 is 11.8 Å². The average molecular weight is 363 g/mol. The fourth-order valence-electron chi connectivity index (χ4n) is 2.63. The number of H-pyrrole nitrogens is 1. The monoisotopic (exact) mass is 363 g/mol. The van der Waals surface area contributed by atoms with Crippen molar-refractivity contribution in [1.82, 2.24) is 24.5 Å². The lowest BCUT2D eigenvalue weighted by Gasteiger charge is -2.06. The van der Waals surface area contributed by atoms with Gasteiger partial charge in [0, 0.05) is 18.1 Å². The summed E-state index contributed by atoms with van der Waals surface area (Å²) in [6.45, 7) is 0.511. The van der Waals surface area contributed by atoms with Crippen molar-refractivity contribution in [1.29, 1.82) is 0 Å². The predicted octanol–water partition coefficient (Wildman–Crippen LogP) is 3.10. The van der Waals surface area contributed by atoms with Gasteiger partial charge in [-0.15, -0.1) is 5.10 Å². The molecule has 0 aliphatic heterocycles. The molecule has 1 N–H and O–H groups in total. The van der Waals surface area contributed by atoms with Gasteiger partial charge in [-0.25, -0.2) is 14.6 Å². The maximum absolute atomic E-state index is 12.1. The van der Waals surface area contributed by atoms with E-state index < -0.39 is 0 Å². The van der Waals surface area contributed by atoms with Gasteiger partial charge < -0.3 is 0 Å². The highest BCUT2D eigenvalue weighted by Gasteiger charge is 2.10. The van der Waals surface area contributed by atoms with Crippen molar-refractivity contribution in [2.75, 3.05) is 0 Å². The van der Waals surface area contributed by atoms with Gasteiger partial charge in [0.1, 0.15) is 0 Å². The molecule has 0 aliphatic rings. The number of nitrogens with one attached hydrogen (secondary N) is 1. The van der Waals surface area contributed by atoms with Crippen LogP contribution in [-0.2, 0) is 12.3 Å². The molecule has 0 unspecified atom stereocenters. The normalized spacial score (nSPS) is 10.9. The predicted molar refractivity (Wildman–Crippen MR) is 102 cm³/mol. The summed E-state index contributed by atoms with van der Waals surface area (Å²) in [6, 6.07) is 20.0. The van der Waals surface area contributed by atoms with E-state index in [1.54, 1.807) is 22.5 Å². The Kier molecular flexibility index (Phi) is 4.70. The van der Waals surface area contributed by atoms with Crippen molar-refractivity contribution in [3.63, 3.8) is 0 Å². The van der Waals surface area contributed by atoms with E-state index in [1.165, 1.54) is 0 Å². The van der Waals surface area contributed by atoms with Crippen LogP contribution in [0, 0.1) is 0 Å². The Bertz CT molecular complexity index is 1020. The van der Waals surface area contributed by atoms with E-state index in [2.05, 4.69) is 27.4 Å². The average Bonchev–Trinajstić information content (AvgIpc) is 3.33. The Morgan fingerprint density at radius 2 is 1.77 bits per heavy atom. The van der Waals surface area contributed by atoms with Crippen LogP contribution < -0.4 is 5.69 Å². The van der Waals surface area contributed by atoms with Gasteiger partial charge in [0.05, 0.1) is 12.2 Å². The number of thioether (sulfide) groups is 1. The molecule has 4 aromatic rings. The van der Waals surface area contributed by atoms with E-state index in [0.717, 1.165) is 22.6 Å². The van der Waals surface area contributed by atoms with Gasteiger partial charge in [0.15, 0.2) is 5.16 Å². The zero-order chi connectivity index (χ0) is 17.8. The fourth-order valence-corrected chi connectivity index (χ4v) is 3.53. The third-order valence-corrected chi connectivity index (χ3v) is 5.03. The van der Waals surface area contributed by atoms with E-state index in [4.69, 9.17) is 0 Å². The highest BCUT2D eigenvalue weighted by molar-refractivity contribution is 7.98. The summed E-state index contributed by atoms with van der Waals surface area (Å²) in [5.74, 6) is 0.735. The van der Waals surface area contributed by atoms with E-state index in [9.17, 15) is 4.79 Å². The molecular formula is C19H17N5OS. The standard InChI is InChI=1S/C19H17N5OS/c25-18-21-22-19(23(18)13-15-5-2-1-3-6-15)26-14-16-7-9-17(10-8-16)24-12-4-11-20-24/h1-12H,13-14H2,(H,21,25). The van der Waals surface area contributed by atoms with Crippen LogP contribution >= 0.6 is 11.8 Å². The first-order chi connectivity index (χ1) is 12.8. The molecule has 2 heterocycles. The maximum atomic E-state index is 12.1. The lowest BCUT2D eigenvalue weighted by molar-refractivity contribution is 0.687. The Morgan fingerprint density at radius 3 is 2.50 bits per heavy atom. The minimum Gasteiger partial charge on any atom is -0.266 e. The highest BCUT2D eigenvalue weighted by atomic mass is 32.2. The Labute approximate surface area is 154 Å². The van der Waals surface area contributed by atoms with Crippen LogP contribution in [0.1, 0.15) is 11.1 Å². The summed E-state index contributed by atoms with van der Waals surface area (Å²) in [5.41, 5.74) is 3.06. The van der Waals surface area contributed by atoms with Crippen molar-refractivity contribution in [2.45, 2.75) is 17.5 Å². The summed E-state index contributed by atoms with van der Waals surface area (Å²) in [6.07, 6.45) is 3.67. The second-order valence-corrected chi connectivity index (χ2v) is 6.73. The van der Waals surface area contributed by atoms with E-state index in [1.807, 2.05) is 59.4 Å². The molecule has 130 valence electrons. The van der Waals surface area contributed by atoms with Crippen molar-refractivity contribution in [3.8, 4) is 5.69 Å². The summed E-state index contributed by atoms with van der Waals surface area (Å²) >= 11 is 1.54. The molecule has 0 amide bonds. The first kappa shape index (κ1) is 16.4. The number of aromatic amines is 1. The molecule has 0 aliphatic carbocycles. The zero-order valence-corrected chi connectivity index (χ0v) is 14.8. The molecule has 0 radical (unpaired) electrons. The third kappa shape index (κ3) is 3.62. The second-order valence-electron chi connectivity index (χ2n) is 5.79. The number of benzene rings is 2. The second kappa shape index (κ2) is 7.45. The molecule has 26 heavy (non-hydrogen) atoms. The van der Waals surface area contributed by atoms with Gasteiger partial charge in [0.2, 0.25) is 0 Å². The van der Waals surface area contributed by atoms with E-state index in [-0.39, 0.29) is 5.69 Å². The number of nitrogens with zero attached hydrogens (tertiary/aromatic N) is 4. The molecule has 0 atom stereocenters. The van der Waals surface area contributed by atoms with Crippen molar-refractivity contribution < 1.29 is 0 Å². The molecule has 0 saturated carbocycles. The molecule has 6 nitrogen and oxygen atoms in total. The van der Waals surface area contributed by atoms with Gasteiger partial charge >= 0.3 is 5.69 Å². The van der Waals surface area contributed by atoms with Crippen LogP contribution in [0.25, 0.3) is 5.69 Å². The molecule has 0 saturated heterocycles. The number of aromatic nitrogens is 5. The number of hydrogen-bond donors (Lipinski definition) is 1. The van der Waals surface area contributed by atoms with E-state index >= 15 is 0 Å². The Morgan fingerprint density at radius 1 is 0.962 bits per heavy atom. The molecule has 0 spiro atoms.